The van der Waals surface area contributed by atoms with Crippen LogP contribution in [0.2, 0.25) is 0 Å². The zero-order valence-electron chi connectivity index (χ0n) is 16.0. The standard InChI is InChI=1S/C19H30Cl2FN3O2/c1-11(2)17-19(27)25(18-15(22)7-14(21)8-23-18)10-16(26)24(17)9-12-3-5-13(20)6-4-12/h11-15,17-18,23H,3-10H2,1-2H3/t12?,13?,14?,15?,17-,18?/m0/s1. The first-order chi connectivity index (χ1) is 12.8. The van der Waals surface area contributed by atoms with E-state index in [0.717, 1.165) is 25.7 Å². The van der Waals surface area contributed by atoms with E-state index in [-0.39, 0.29) is 41.5 Å². The quantitative estimate of drug-likeness (QED) is 0.709. The van der Waals surface area contributed by atoms with Gasteiger partial charge in [0.1, 0.15) is 24.9 Å². The topological polar surface area (TPSA) is 52.7 Å². The number of piperazine rings is 1. The van der Waals surface area contributed by atoms with Crippen molar-refractivity contribution in [3.05, 3.63) is 0 Å². The van der Waals surface area contributed by atoms with Crippen molar-refractivity contribution in [2.45, 2.75) is 75.1 Å². The Labute approximate surface area is 170 Å². The zero-order chi connectivity index (χ0) is 19.7. The summed E-state index contributed by atoms with van der Waals surface area (Å²) in [5.41, 5.74) is 0. The summed E-state index contributed by atoms with van der Waals surface area (Å²) in [6.07, 6.45) is 2.02. The second kappa shape index (κ2) is 8.83. The van der Waals surface area contributed by atoms with E-state index in [1.807, 2.05) is 13.8 Å². The number of hydrogen-bond donors (Lipinski definition) is 1. The van der Waals surface area contributed by atoms with E-state index < -0.39 is 18.4 Å². The van der Waals surface area contributed by atoms with Gasteiger partial charge in [0.15, 0.2) is 0 Å². The number of carbonyl (C=O) groups is 2. The van der Waals surface area contributed by atoms with Crippen molar-refractivity contribution in [2.75, 3.05) is 19.6 Å². The smallest absolute Gasteiger partial charge is 0.247 e. The molecule has 5 nitrogen and oxygen atoms in total. The maximum absolute atomic E-state index is 14.5. The molecule has 2 heterocycles. The van der Waals surface area contributed by atoms with Crippen LogP contribution in [0.1, 0.15) is 46.0 Å². The van der Waals surface area contributed by atoms with Crippen LogP contribution in [-0.4, -0.2) is 70.4 Å². The molecule has 1 aliphatic carbocycles. The molecule has 0 bridgehead atoms. The largest absolute Gasteiger partial charge is 0.329 e. The first-order valence-corrected chi connectivity index (χ1v) is 10.9. The molecule has 3 rings (SSSR count). The normalized spacial score (nSPS) is 38.6. The highest BCUT2D eigenvalue weighted by Gasteiger charge is 2.46. The highest BCUT2D eigenvalue weighted by Crippen LogP contribution is 2.31. The average Bonchev–Trinajstić information content (AvgIpc) is 2.60. The minimum atomic E-state index is -1.27. The van der Waals surface area contributed by atoms with Gasteiger partial charge < -0.3 is 9.80 Å². The van der Waals surface area contributed by atoms with E-state index in [1.54, 1.807) is 4.90 Å². The Morgan fingerprint density at radius 2 is 1.81 bits per heavy atom. The van der Waals surface area contributed by atoms with Crippen LogP contribution in [0.25, 0.3) is 0 Å². The maximum Gasteiger partial charge on any atom is 0.247 e. The number of alkyl halides is 3. The number of halogens is 3. The second-order valence-electron chi connectivity index (χ2n) is 8.52. The summed E-state index contributed by atoms with van der Waals surface area (Å²) in [5, 5.41) is 2.95. The molecule has 0 aromatic carbocycles. The second-order valence-corrected chi connectivity index (χ2v) is 9.76. The molecule has 4 atom stereocenters. The van der Waals surface area contributed by atoms with Gasteiger partial charge in [0.05, 0.1) is 0 Å². The van der Waals surface area contributed by atoms with Gasteiger partial charge in [-0.1, -0.05) is 13.8 Å². The molecule has 2 amide bonds. The Bertz CT molecular complexity index is 557. The third-order valence-electron chi connectivity index (χ3n) is 6.07. The lowest BCUT2D eigenvalue weighted by Crippen LogP contribution is -2.69. The minimum absolute atomic E-state index is 0.0314. The van der Waals surface area contributed by atoms with Gasteiger partial charge in [-0.05, 0) is 43.9 Å². The van der Waals surface area contributed by atoms with Gasteiger partial charge in [0.25, 0.3) is 0 Å². The molecule has 0 spiro atoms. The molecule has 0 aromatic rings. The Balaban J connectivity index is 1.73. The van der Waals surface area contributed by atoms with E-state index in [9.17, 15) is 14.0 Å². The number of nitrogens with one attached hydrogen (secondary N) is 1. The number of carbonyl (C=O) groups excluding carboxylic acids is 2. The van der Waals surface area contributed by atoms with Crippen molar-refractivity contribution >= 4 is 35.0 Å². The third kappa shape index (κ3) is 4.70. The fraction of sp³-hybridized carbons (Fsp3) is 0.895. The SMILES string of the molecule is CC(C)[C@H]1C(=O)N(C2NCC(Cl)CC2F)CC(=O)N1CC1CCC(Cl)CC1. The van der Waals surface area contributed by atoms with Gasteiger partial charge >= 0.3 is 0 Å². The van der Waals surface area contributed by atoms with Gasteiger partial charge in [-0.2, -0.15) is 0 Å². The number of rotatable bonds is 4. The Morgan fingerprint density at radius 1 is 1.15 bits per heavy atom. The van der Waals surface area contributed by atoms with Crippen molar-refractivity contribution in [2.24, 2.45) is 11.8 Å². The molecule has 27 heavy (non-hydrogen) atoms. The van der Waals surface area contributed by atoms with Crippen molar-refractivity contribution < 1.29 is 14.0 Å². The molecule has 1 saturated carbocycles. The van der Waals surface area contributed by atoms with Gasteiger partial charge in [-0.25, -0.2) is 4.39 Å². The number of hydrogen-bond acceptors (Lipinski definition) is 3. The summed E-state index contributed by atoms with van der Waals surface area (Å²) in [6.45, 7) is 4.84. The Morgan fingerprint density at radius 3 is 2.41 bits per heavy atom. The van der Waals surface area contributed by atoms with Crippen LogP contribution in [0, 0.1) is 11.8 Å². The molecule has 3 unspecified atom stereocenters. The van der Waals surface area contributed by atoms with Crippen LogP contribution in [0.4, 0.5) is 4.39 Å². The molecular weight excluding hydrogens is 392 g/mol. The van der Waals surface area contributed by atoms with E-state index >= 15 is 0 Å². The first kappa shape index (κ1) is 21.1. The monoisotopic (exact) mass is 421 g/mol. The van der Waals surface area contributed by atoms with Gasteiger partial charge in [-0.15, -0.1) is 23.2 Å². The molecule has 0 radical (unpaired) electrons. The molecule has 8 heteroatoms. The van der Waals surface area contributed by atoms with Crippen molar-refractivity contribution in [3.63, 3.8) is 0 Å². The first-order valence-electron chi connectivity index (χ1n) is 10.0. The van der Waals surface area contributed by atoms with Crippen LogP contribution in [0.15, 0.2) is 0 Å². The van der Waals surface area contributed by atoms with Crippen molar-refractivity contribution in [1.29, 1.82) is 0 Å². The molecule has 2 saturated heterocycles. The predicted octanol–water partition coefficient (Wildman–Crippen LogP) is 2.74. The highest BCUT2D eigenvalue weighted by atomic mass is 35.5. The molecule has 0 aromatic heterocycles. The van der Waals surface area contributed by atoms with Gasteiger partial charge in [-0.3, -0.25) is 14.9 Å². The minimum Gasteiger partial charge on any atom is -0.329 e. The summed E-state index contributed by atoms with van der Waals surface area (Å²) in [4.78, 5) is 29.3. The third-order valence-corrected chi connectivity index (χ3v) is 6.84. The summed E-state index contributed by atoms with van der Waals surface area (Å²) >= 11 is 12.2. The number of nitrogens with zero attached hydrogens (tertiary/aromatic N) is 2. The molecule has 2 aliphatic heterocycles. The van der Waals surface area contributed by atoms with Crippen LogP contribution in [0.5, 0.6) is 0 Å². The van der Waals surface area contributed by atoms with E-state index in [2.05, 4.69) is 5.32 Å². The lowest BCUT2D eigenvalue weighted by atomic mass is 9.87. The van der Waals surface area contributed by atoms with Gasteiger partial charge in [0.2, 0.25) is 11.8 Å². The summed E-state index contributed by atoms with van der Waals surface area (Å²) in [5.74, 6) is 0.0893. The fourth-order valence-corrected chi connectivity index (χ4v) is 5.10. The van der Waals surface area contributed by atoms with E-state index in [1.165, 1.54) is 4.90 Å². The zero-order valence-corrected chi connectivity index (χ0v) is 17.6. The Kier molecular flexibility index (Phi) is 6.91. The number of piperidine rings is 1. The van der Waals surface area contributed by atoms with Crippen molar-refractivity contribution in [1.82, 2.24) is 15.1 Å². The van der Waals surface area contributed by atoms with Gasteiger partial charge in [0, 0.05) is 23.8 Å². The van der Waals surface area contributed by atoms with E-state index in [0.29, 0.717) is 19.0 Å². The highest BCUT2D eigenvalue weighted by molar-refractivity contribution is 6.21. The summed E-state index contributed by atoms with van der Waals surface area (Å²) < 4.78 is 14.5. The van der Waals surface area contributed by atoms with Crippen LogP contribution in [0.3, 0.4) is 0 Å². The van der Waals surface area contributed by atoms with Crippen LogP contribution in [-0.2, 0) is 9.59 Å². The Hall–Kier alpha value is -0.590. The van der Waals surface area contributed by atoms with E-state index in [4.69, 9.17) is 23.2 Å². The van der Waals surface area contributed by atoms with Crippen LogP contribution >= 0.6 is 23.2 Å². The fourth-order valence-electron chi connectivity index (χ4n) is 4.59. The lowest BCUT2D eigenvalue weighted by molar-refractivity contribution is -0.164. The molecule has 1 N–H and O–H groups in total. The lowest BCUT2D eigenvalue weighted by Gasteiger charge is -2.47. The maximum atomic E-state index is 14.5. The summed E-state index contributed by atoms with van der Waals surface area (Å²) in [7, 11) is 0. The van der Waals surface area contributed by atoms with Crippen molar-refractivity contribution in [3.8, 4) is 0 Å². The average molecular weight is 422 g/mol. The molecule has 3 aliphatic rings. The number of amides is 2. The molecular formula is C19H30Cl2FN3O2. The molecule has 154 valence electrons. The predicted molar refractivity (Wildman–Crippen MR) is 105 cm³/mol. The summed E-state index contributed by atoms with van der Waals surface area (Å²) in [6, 6.07) is -0.539. The van der Waals surface area contributed by atoms with Crippen LogP contribution < -0.4 is 5.32 Å². The molecule has 3 fully saturated rings.